The van der Waals surface area contributed by atoms with Crippen LogP contribution >= 0.6 is 11.3 Å². The van der Waals surface area contributed by atoms with E-state index in [1.165, 1.54) is 6.20 Å². The zero-order chi connectivity index (χ0) is 14.0. The number of halogens is 3. The van der Waals surface area contributed by atoms with E-state index in [4.69, 9.17) is 0 Å². The van der Waals surface area contributed by atoms with Gasteiger partial charge in [-0.2, -0.15) is 13.2 Å². The number of imidazole rings is 1. The largest absolute Gasteiger partial charge is 0.443 e. The average molecular weight is 290 g/mol. The Labute approximate surface area is 112 Å². The van der Waals surface area contributed by atoms with Gasteiger partial charge in [0.15, 0.2) is 5.01 Å². The minimum absolute atomic E-state index is 0.328. The summed E-state index contributed by atoms with van der Waals surface area (Å²) in [5.41, 5.74) is 0.805. The van der Waals surface area contributed by atoms with Gasteiger partial charge >= 0.3 is 6.18 Å². The third-order valence-electron chi connectivity index (χ3n) is 2.61. The van der Waals surface area contributed by atoms with Crippen LogP contribution < -0.4 is 5.32 Å². The maximum Gasteiger partial charge on any atom is 0.443 e. The number of aryl methyl sites for hydroxylation is 1. The highest BCUT2D eigenvalue weighted by Gasteiger charge is 2.35. The van der Waals surface area contributed by atoms with Crippen molar-refractivity contribution in [3.8, 4) is 0 Å². The summed E-state index contributed by atoms with van der Waals surface area (Å²) in [6.07, 6.45) is 0.131. The smallest absolute Gasteiger partial charge is 0.336 e. The molecule has 0 saturated heterocycles. The minimum atomic E-state index is -4.40. The third-order valence-corrected chi connectivity index (χ3v) is 3.72. The molecule has 0 fully saturated rings. The van der Waals surface area contributed by atoms with Crippen LogP contribution in [-0.4, -0.2) is 21.1 Å². The maximum absolute atomic E-state index is 12.6. The lowest BCUT2D eigenvalue weighted by Gasteiger charge is -2.16. The van der Waals surface area contributed by atoms with Gasteiger partial charge in [0.25, 0.3) is 0 Å². The van der Waals surface area contributed by atoms with Crippen molar-refractivity contribution in [3.63, 3.8) is 0 Å². The van der Waals surface area contributed by atoms with E-state index >= 15 is 0 Å². The Kier molecular flexibility index (Phi) is 3.91. The zero-order valence-corrected chi connectivity index (χ0v) is 11.2. The number of hydrogen-bond donors (Lipinski definition) is 1. The molecule has 0 aliphatic rings. The van der Waals surface area contributed by atoms with Crippen molar-refractivity contribution in [2.45, 2.75) is 19.1 Å². The molecule has 0 aromatic carbocycles. The van der Waals surface area contributed by atoms with E-state index in [2.05, 4.69) is 15.3 Å². The van der Waals surface area contributed by atoms with E-state index in [9.17, 15) is 13.2 Å². The Morgan fingerprint density at radius 2 is 2.16 bits per heavy atom. The van der Waals surface area contributed by atoms with Gasteiger partial charge < -0.3 is 9.88 Å². The van der Waals surface area contributed by atoms with Gasteiger partial charge in [-0.25, -0.2) is 9.97 Å². The zero-order valence-electron chi connectivity index (χ0n) is 10.4. The van der Waals surface area contributed by atoms with Gasteiger partial charge in [-0.05, 0) is 6.54 Å². The quantitative estimate of drug-likeness (QED) is 0.941. The van der Waals surface area contributed by atoms with Gasteiger partial charge in [0.2, 0.25) is 0 Å². The topological polar surface area (TPSA) is 42.7 Å². The molecule has 2 aromatic rings. The number of nitrogens with one attached hydrogen (secondary N) is 1. The molecule has 0 saturated carbocycles. The Hall–Kier alpha value is -1.41. The molecule has 0 spiro atoms. The average Bonchev–Trinajstić information content (AvgIpc) is 2.94. The van der Waals surface area contributed by atoms with Crippen LogP contribution in [0, 0.1) is 0 Å². The minimum Gasteiger partial charge on any atom is -0.336 e. The van der Waals surface area contributed by atoms with E-state index in [1.54, 1.807) is 24.1 Å². The van der Waals surface area contributed by atoms with Crippen molar-refractivity contribution in [2.24, 2.45) is 7.05 Å². The molecule has 2 heterocycles. The second kappa shape index (κ2) is 5.30. The third kappa shape index (κ3) is 2.95. The molecule has 0 bridgehead atoms. The number of alkyl halides is 3. The maximum atomic E-state index is 12.6. The molecule has 0 aliphatic heterocycles. The normalized spacial score (nSPS) is 13.7. The van der Waals surface area contributed by atoms with Crippen LogP contribution in [0.4, 0.5) is 13.2 Å². The summed E-state index contributed by atoms with van der Waals surface area (Å²) >= 11 is 0.655. The molecule has 0 radical (unpaired) electrons. The second-order valence-corrected chi connectivity index (χ2v) is 5.05. The number of nitrogens with zero attached hydrogens (tertiary/aromatic N) is 3. The monoisotopic (exact) mass is 290 g/mol. The van der Waals surface area contributed by atoms with Crippen LogP contribution in [0.2, 0.25) is 0 Å². The van der Waals surface area contributed by atoms with Crippen molar-refractivity contribution >= 4 is 11.3 Å². The molecule has 0 amide bonds. The Bertz CT molecular complexity index is 546. The molecule has 104 valence electrons. The number of thiazole rings is 1. The lowest BCUT2D eigenvalue weighted by Crippen LogP contribution is -2.23. The molecule has 0 aliphatic carbocycles. The summed E-state index contributed by atoms with van der Waals surface area (Å²) in [4.78, 5) is 7.97. The van der Waals surface area contributed by atoms with E-state index in [0.717, 1.165) is 5.69 Å². The SMILES string of the molecule is CCNC(c1cnc(C(F)(F)F)s1)c1cncn1C. The predicted molar refractivity (Wildman–Crippen MR) is 65.8 cm³/mol. The van der Waals surface area contributed by atoms with Gasteiger partial charge in [-0.1, -0.05) is 6.92 Å². The van der Waals surface area contributed by atoms with Crippen molar-refractivity contribution in [2.75, 3.05) is 6.54 Å². The lowest BCUT2D eigenvalue weighted by molar-refractivity contribution is -0.137. The molecular formula is C11H13F3N4S. The Morgan fingerprint density at radius 1 is 1.42 bits per heavy atom. The van der Waals surface area contributed by atoms with Crippen LogP contribution in [0.25, 0.3) is 0 Å². The summed E-state index contributed by atoms with van der Waals surface area (Å²) in [6.45, 7) is 2.53. The fourth-order valence-electron chi connectivity index (χ4n) is 1.75. The summed E-state index contributed by atoms with van der Waals surface area (Å²) in [7, 11) is 1.80. The summed E-state index contributed by atoms with van der Waals surface area (Å²) < 4.78 is 39.5. The first kappa shape index (κ1) is 14.0. The highest BCUT2D eigenvalue weighted by atomic mass is 32.1. The number of hydrogen-bond acceptors (Lipinski definition) is 4. The summed E-state index contributed by atoms with van der Waals surface area (Å²) in [6, 6.07) is -0.328. The molecule has 1 atom stereocenters. The van der Waals surface area contributed by atoms with E-state index in [-0.39, 0.29) is 6.04 Å². The van der Waals surface area contributed by atoms with Gasteiger partial charge in [-0.3, -0.25) is 0 Å². The molecule has 1 N–H and O–H groups in total. The Balaban J connectivity index is 2.35. The number of rotatable bonds is 4. The Morgan fingerprint density at radius 3 is 2.63 bits per heavy atom. The molecule has 2 rings (SSSR count). The fraction of sp³-hybridized carbons (Fsp3) is 0.455. The summed E-state index contributed by atoms with van der Waals surface area (Å²) in [5, 5.41) is 2.32. The van der Waals surface area contributed by atoms with Crippen molar-refractivity contribution in [1.82, 2.24) is 19.9 Å². The van der Waals surface area contributed by atoms with Gasteiger partial charge in [0.05, 0.1) is 24.3 Å². The van der Waals surface area contributed by atoms with Gasteiger partial charge in [0.1, 0.15) is 0 Å². The van der Waals surface area contributed by atoms with Crippen molar-refractivity contribution < 1.29 is 13.2 Å². The van der Waals surface area contributed by atoms with Crippen molar-refractivity contribution in [1.29, 1.82) is 0 Å². The van der Waals surface area contributed by atoms with Crippen LogP contribution in [0.1, 0.15) is 28.5 Å². The van der Waals surface area contributed by atoms with E-state index in [1.807, 2.05) is 6.92 Å². The molecule has 2 aromatic heterocycles. The molecule has 19 heavy (non-hydrogen) atoms. The molecule has 8 heteroatoms. The van der Waals surface area contributed by atoms with Gasteiger partial charge in [-0.15, -0.1) is 11.3 Å². The standard InChI is InChI=1S/C11H13F3N4S/c1-3-16-9(7-4-15-6-18(7)2)8-5-17-10(19-8)11(12,13)14/h4-6,9,16H,3H2,1-2H3. The van der Waals surface area contributed by atoms with Crippen LogP contribution in [-0.2, 0) is 13.2 Å². The number of aromatic nitrogens is 3. The molecular weight excluding hydrogens is 277 g/mol. The molecule has 1 unspecified atom stereocenters. The predicted octanol–water partition coefficient (Wildman–Crippen LogP) is 2.59. The van der Waals surface area contributed by atoms with Crippen LogP contribution in [0.5, 0.6) is 0 Å². The lowest BCUT2D eigenvalue weighted by atomic mass is 10.2. The summed E-state index contributed by atoms with van der Waals surface area (Å²) in [5.74, 6) is 0. The first-order valence-electron chi connectivity index (χ1n) is 5.66. The van der Waals surface area contributed by atoms with E-state index < -0.39 is 11.2 Å². The highest BCUT2D eigenvalue weighted by Crippen LogP contribution is 2.35. The second-order valence-electron chi connectivity index (χ2n) is 3.99. The highest BCUT2D eigenvalue weighted by molar-refractivity contribution is 7.11. The molecule has 4 nitrogen and oxygen atoms in total. The first-order valence-corrected chi connectivity index (χ1v) is 6.47. The van der Waals surface area contributed by atoms with Crippen LogP contribution in [0.3, 0.4) is 0 Å². The van der Waals surface area contributed by atoms with E-state index in [0.29, 0.717) is 22.8 Å². The van der Waals surface area contributed by atoms with Gasteiger partial charge in [0, 0.05) is 18.1 Å². The van der Waals surface area contributed by atoms with Crippen molar-refractivity contribution in [3.05, 3.63) is 34.3 Å². The van der Waals surface area contributed by atoms with Crippen LogP contribution in [0.15, 0.2) is 18.7 Å². The fourth-order valence-corrected chi connectivity index (χ4v) is 2.62. The first-order chi connectivity index (χ1) is 8.93.